The topological polar surface area (TPSA) is 81.2 Å². The third-order valence-corrected chi connectivity index (χ3v) is 5.72. The highest BCUT2D eigenvalue weighted by Gasteiger charge is 2.16. The molecule has 166 valence electrons. The predicted octanol–water partition coefficient (Wildman–Crippen LogP) is 4.62. The van der Waals surface area contributed by atoms with E-state index < -0.39 is 0 Å². The van der Waals surface area contributed by atoms with Crippen molar-refractivity contribution in [3.8, 4) is 11.5 Å². The Labute approximate surface area is 187 Å². The van der Waals surface area contributed by atoms with Gasteiger partial charge in [0.05, 0.1) is 37.8 Å². The maximum Gasteiger partial charge on any atom is 0.224 e. The number of aromatic amines is 1. The second-order valence-corrected chi connectivity index (χ2v) is 7.80. The molecule has 2 aromatic carbocycles. The SMILES string of the molecule is COc1ccc(Cn2nc(C)c(NC(=O)CCc3c[nH]c4ccccc34)c2C)cc1OC. The molecule has 0 aliphatic rings. The average Bonchev–Trinajstić information content (AvgIpc) is 3.33. The summed E-state index contributed by atoms with van der Waals surface area (Å²) < 4.78 is 12.6. The van der Waals surface area contributed by atoms with Crippen molar-refractivity contribution in [2.45, 2.75) is 33.2 Å². The van der Waals surface area contributed by atoms with Crippen LogP contribution in [0.1, 0.15) is 28.9 Å². The summed E-state index contributed by atoms with van der Waals surface area (Å²) in [4.78, 5) is 15.9. The Bertz CT molecular complexity index is 1260. The average molecular weight is 433 g/mol. The molecule has 2 aromatic heterocycles. The van der Waals surface area contributed by atoms with Crippen LogP contribution in [-0.2, 0) is 17.8 Å². The van der Waals surface area contributed by atoms with E-state index >= 15 is 0 Å². The standard InChI is InChI=1S/C25H28N4O3/c1-16-25(27-24(30)12-10-19-14-26-21-8-6-5-7-20(19)21)17(2)29(28-16)15-18-9-11-22(31-3)23(13-18)32-4/h5-9,11,13-14,26H,10,12,15H2,1-4H3,(H,27,30). The molecule has 7 nitrogen and oxygen atoms in total. The van der Waals surface area contributed by atoms with E-state index in [-0.39, 0.29) is 5.91 Å². The van der Waals surface area contributed by atoms with Gasteiger partial charge in [-0.2, -0.15) is 5.10 Å². The van der Waals surface area contributed by atoms with Gasteiger partial charge in [0.25, 0.3) is 0 Å². The molecule has 0 saturated heterocycles. The number of aromatic nitrogens is 3. The van der Waals surface area contributed by atoms with Crippen molar-refractivity contribution in [3.63, 3.8) is 0 Å². The van der Waals surface area contributed by atoms with E-state index in [9.17, 15) is 4.79 Å². The maximum absolute atomic E-state index is 12.7. The number of nitrogens with zero attached hydrogens (tertiary/aromatic N) is 2. The van der Waals surface area contributed by atoms with Crippen molar-refractivity contribution < 1.29 is 14.3 Å². The number of anilines is 1. The summed E-state index contributed by atoms with van der Waals surface area (Å²) in [6.07, 6.45) is 3.06. The molecule has 0 radical (unpaired) electrons. The third-order valence-electron chi connectivity index (χ3n) is 5.72. The summed E-state index contributed by atoms with van der Waals surface area (Å²) in [7, 11) is 3.24. The molecular weight excluding hydrogens is 404 g/mol. The highest BCUT2D eigenvalue weighted by Crippen LogP contribution is 2.29. The largest absolute Gasteiger partial charge is 0.493 e. The van der Waals surface area contributed by atoms with E-state index in [0.717, 1.165) is 39.1 Å². The Morgan fingerprint density at radius 2 is 1.88 bits per heavy atom. The highest BCUT2D eigenvalue weighted by molar-refractivity contribution is 5.92. The second-order valence-electron chi connectivity index (χ2n) is 7.80. The number of hydrogen-bond donors (Lipinski definition) is 2. The minimum absolute atomic E-state index is 0.0212. The Morgan fingerprint density at radius 1 is 1.09 bits per heavy atom. The zero-order valence-electron chi connectivity index (χ0n) is 18.9. The first-order valence-corrected chi connectivity index (χ1v) is 10.6. The van der Waals surface area contributed by atoms with Gasteiger partial charge < -0.3 is 19.8 Å². The van der Waals surface area contributed by atoms with Gasteiger partial charge in [-0.3, -0.25) is 9.48 Å². The minimum atomic E-state index is -0.0212. The number of rotatable bonds is 8. The van der Waals surface area contributed by atoms with E-state index in [1.165, 1.54) is 0 Å². The van der Waals surface area contributed by atoms with Gasteiger partial charge in [0.2, 0.25) is 5.91 Å². The molecule has 2 N–H and O–H groups in total. The first kappa shape index (κ1) is 21.5. The number of aryl methyl sites for hydroxylation is 2. The first-order chi connectivity index (χ1) is 15.5. The lowest BCUT2D eigenvalue weighted by atomic mass is 10.1. The number of ether oxygens (including phenoxy) is 2. The van der Waals surface area contributed by atoms with Crippen molar-refractivity contribution in [1.82, 2.24) is 14.8 Å². The Morgan fingerprint density at radius 3 is 2.66 bits per heavy atom. The summed E-state index contributed by atoms with van der Waals surface area (Å²) in [5.41, 5.74) is 5.75. The summed E-state index contributed by atoms with van der Waals surface area (Å²) in [5, 5.41) is 8.85. The van der Waals surface area contributed by atoms with E-state index in [2.05, 4.69) is 21.5 Å². The Balaban J connectivity index is 1.44. The fourth-order valence-corrected chi connectivity index (χ4v) is 3.97. The van der Waals surface area contributed by atoms with Crippen LogP contribution in [0.4, 0.5) is 5.69 Å². The summed E-state index contributed by atoms with van der Waals surface area (Å²) in [6, 6.07) is 13.9. The molecular formula is C25H28N4O3. The maximum atomic E-state index is 12.7. The molecule has 0 saturated carbocycles. The molecule has 2 heterocycles. The fourth-order valence-electron chi connectivity index (χ4n) is 3.97. The number of methoxy groups -OCH3 is 2. The number of carbonyl (C=O) groups is 1. The smallest absolute Gasteiger partial charge is 0.224 e. The van der Waals surface area contributed by atoms with Crippen molar-refractivity contribution in [1.29, 1.82) is 0 Å². The number of carbonyl (C=O) groups excluding carboxylic acids is 1. The lowest BCUT2D eigenvalue weighted by molar-refractivity contribution is -0.116. The van der Waals surface area contributed by atoms with Gasteiger partial charge in [-0.15, -0.1) is 0 Å². The molecule has 0 unspecified atom stereocenters. The lowest BCUT2D eigenvalue weighted by Gasteiger charge is -2.11. The molecule has 1 amide bonds. The molecule has 4 aromatic rings. The Hall–Kier alpha value is -3.74. The number of H-pyrrole nitrogens is 1. The normalized spacial score (nSPS) is 11.0. The number of fused-ring (bicyclic) bond motifs is 1. The Kier molecular flexibility index (Phi) is 6.16. The molecule has 0 spiro atoms. The van der Waals surface area contributed by atoms with Crippen molar-refractivity contribution in [2.24, 2.45) is 0 Å². The van der Waals surface area contributed by atoms with Gasteiger partial charge in [-0.05, 0) is 49.6 Å². The van der Waals surface area contributed by atoms with Crippen molar-refractivity contribution in [2.75, 3.05) is 19.5 Å². The molecule has 7 heteroatoms. The van der Waals surface area contributed by atoms with Gasteiger partial charge in [0.1, 0.15) is 0 Å². The van der Waals surface area contributed by atoms with E-state index in [4.69, 9.17) is 9.47 Å². The van der Waals surface area contributed by atoms with Crippen LogP contribution >= 0.6 is 0 Å². The van der Waals surface area contributed by atoms with Crippen molar-refractivity contribution in [3.05, 3.63) is 71.2 Å². The predicted molar refractivity (Wildman–Crippen MR) is 126 cm³/mol. The van der Waals surface area contributed by atoms with Crippen LogP contribution in [-0.4, -0.2) is 34.9 Å². The van der Waals surface area contributed by atoms with Gasteiger partial charge in [0.15, 0.2) is 11.5 Å². The number of hydrogen-bond acceptors (Lipinski definition) is 4. The third kappa shape index (κ3) is 4.32. The molecule has 0 aliphatic carbocycles. The summed E-state index contributed by atoms with van der Waals surface area (Å²) in [5.74, 6) is 1.34. The minimum Gasteiger partial charge on any atom is -0.493 e. The molecule has 4 rings (SSSR count). The molecule has 32 heavy (non-hydrogen) atoms. The fraction of sp³-hybridized carbons (Fsp3) is 0.280. The molecule has 0 bridgehead atoms. The van der Waals surface area contributed by atoms with E-state index in [1.807, 2.05) is 61.1 Å². The van der Waals surface area contributed by atoms with Crippen LogP contribution in [0.2, 0.25) is 0 Å². The van der Waals surface area contributed by atoms with Crippen LogP contribution in [0.3, 0.4) is 0 Å². The van der Waals surface area contributed by atoms with Crippen LogP contribution in [0.5, 0.6) is 11.5 Å². The first-order valence-electron chi connectivity index (χ1n) is 10.6. The van der Waals surface area contributed by atoms with Gasteiger partial charge >= 0.3 is 0 Å². The van der Waals surface area contributed by atoms with Gasteiger partial charge in [0, 0.05) is 23.5 Å². The van der Waals surface area contributed by atoms with Crippen LogP contribution in [0.15, 0.2) is 48.7 Å². The zero-order valence-corrected chi connectivity index (χ0v) is 18.9. The number of amides is 1. The summed E-state index contributed by atoms with van der Waals surface area (Å²) in [6.45, 7) is 4.45. The van der Waals surface area contributed by atoms with Crippen molar-refractivity contribution >= 4 is 22.5 Å². The van der Waals surface area contributed by atoms with Crippen LogP contribution < -0.4 is 14.8 Å². The zero-order chi connectivity index (χ0) is 22.7. The highest BCUT2D eigenvalue weighted by atomic mass is 16.5. The lowest BCUT2D eigenvalue weighted by Crippen LogP contribution is -2.13. The quantitative estimate of drug-likeness (QED) is 0.426. The van der Waals surface area contributed by atoms with Crippen LogP contribution in [0.25, 0.3) is 10.9 Å². The molecule has 0 fully saturated rings. The molecule has 0 atom stereocenters. The van der Waals surface area contributed by atoms with Gasteiger partial charge in [-0.1, -0.05) is 24.3 Å². The van der Waals surface area contributed by atoms with Gasteiger partial charge in [-0.25, -0.2) is 0 Å². The number of para-hydroxylation sites is 1. The number of nitrogens with one attached hydrogen (secondary N) is 2. The number of benzene rings is 2. The van der Waals surface area contributed by atoms with Crippen LogP contribution in [0, 0.1) is 13.8 Å². The van der Waals surface area contributed by atoms with E-state index in [1.54, 1.807) is 14.2 Å². The monoisotopic (exact) mass is 432 g/mol. The molecule has 0 aliphatic heterocycles. The van der Waals surface area contributed by atoms with E-state index in [0.29, 0.717) is 30.9 Å². The summed E-state index contributed by atoms with van der Waals surface area (Å²) >= 11 is 0. The second kappa shape index (κ2) is 9.18.